The first-order valence-electron chi connectivity index (χ1n) is 8.17. The Morgan fingerprint density at radius 1 is 1.14 bits per heavy atom. The number of hydrogen-bond acceptors (Lipinski definition) is 3. The van der Waals surface area contributed by atoms with Gasteiger partial charge >= 0.3 is 6.18 Å². The molecule has 0 aliphatic carbocycles. The number of aromatic nitrogens is 1. The smallest absolute Gasteiger partial charge is 0.417 e. The van der Waals surface area contributed by atoms with E-state index in [0.717, 1.165) is 0 Å². The molecule has 2 aromatic heterocycles. The maximum Gasteiger partial charge on any atom is 0.417 e. The summed E-state index contributed by atoms with van der Waals surface area (Å²) in [4.78, 5) is 25.5. The van der Waals surface area contributed by atoms with Gasteiger partial charge in [-0.25, -0.2) is 4.39 Å². The predicted octanol–water partition coefficient (Wildman–Crippen LogP) is 4.36. The second-order valence-electron chi connectivity index (χ2n) is 5.92. The molecule has 5 nitrogen and oxygen atoms in total. The van der Waals surface area contributed by atoms with E-state index < -0.39 is 34.7 Å². The van der Waals surface area contributed by atoms with E-state index in [9.17, 15) is 27.2 Å². The molecule has 0 atom stereocenters. The number of benzene rings is 1. The lowest BCUT2D eigenvalue weighted by molar-refractivity contribution is -0.137. The minimum atomic E-state index is -4.65. The third kappa shape index (κ3) is 4.48. The second kappa shape index (κ2) is 7.71. The summed E-state index contributed by atoms with van der Waals surface area (Å²) in [6.45, 7) is 0. The first kappa shape index (κ1) is 19.4. The zero-order chi connectivity index (χ0) is 20.3. The molecule has 0 bridgehead atoms. The number of aryl methyl sites for hydroxylation is 1. The van der Waals surface area contributed by atoms with Gasteiger partial charge in [-0.1, -0.05) is 12.1 Å². The number of aromatic amines is 1. The minimum Gasteiger partial charge on any atom is -0.461 e. The van der Waals surface area contributed by atoms with Crippen LogP contribution in [-0.4, -0.2) is 10.9 Å². The fourth-order valence-electron chi connectivity index (χ4n) is 2.51. The maximum absolute atomic E-state index is 13.8. The van der Waals surface area contributed by atoms with E-state index in [2.05, 4.69) is 5.32 Å². The molecule has 3 aromatic rings. The Hall–Kier alpha value is -3.36. The van der Waals surface area contributed by atoms with Crippen LogP contribution in [0.25, 0.3) is 11.3 Å². The van der Waals surface area contributed by atoms with Crippen LogP contribution < -0.4 is 10.9 Å². The summed E-state index contributed by atoms with van der Waals surface area (Å²) in [6.07, 6.45) is -4.14. The third-order valence-corrected chi connectivity index (χ3v) is 3.90. The van der Waals surface area contributed by atoms with E-state index in [-0.39, 0.29) is 18.4 Å². The maximum atomic E-state index is 13.8. The molecule has 0 aliphatic heterocycles. The van der Waals surface area contributed by atoms with Crippen LogP contribution in [0, 0.1) is 5.82 Å². The van der Waals surface area contributed by atoms with Crippen molar-refractivity contribution < 1.29 is 26.8 Å². The van der Waals surface area contributed by atoms with Gasteiger partial charge in [-0.05, 0) is 30.3 Å². The van der Waals surface area contributed by atoms with Crippen LogP contribution in [0.2, 0.25) is 0 Å². The van der Waals surface area contributed by atoms with Gasteiger partial charge in [0.1, 0.15) is 23.0 Å². The lowest BCUT2D eigenvalue weighted by Gasteiger charge is -2.09. The van der Waals surface area contributed by atoms with Gasteiger partial charge in [-0.3, -0.25) is 9.59 Å². The number of carbonyl (C=O) groups excluding carboxylic acids is 1. The highest BCUT2D eigenvalue weighted by molar-refractivity contribution is 5.90. The molecule has 0 saturated carbocycles. The quantitative estimate of drug-likeness (QED) is 0.632. The summed E-state index contributed by atoms with van der Waals surface area (Å²) in [5, 5.41) is 2.16. The van der Waals surface area contributed by atoms with Crippen LogP contribution in [0.5, 0.6) is 0 Å². The Morgan fingerprint density at radius 2 is 1.89 bits per heavy atom. The number of halogens is 4. The number of carbonyl (C=O) groups is 1. The van der Waals surface area contributed by atoms with Gasteiger partial charge in [-0.2, -0.15) is 13.2 Å². The number of alkyl halides is 3. The Morgan fingerprint density at radius 3 is 2.61 bits per heavy atom. The van der Waals surface area contributed by atoms with E-state index in [4.69, 9.17) is 4.42 Å². The molecule has 2 heterocycles. The Kier molecular flexibility index (Phi) is 5.34. The van der Waals surface area contributed by atoms with Crippen LogP contribution in [0.4, 0.5) is 23.2 Å². The van der Waals surface area contributed by atoms with Gasteiger partial charge in [0.15, 0.2) is 0 Å². The van der Waals surface area contributed by atoms with Crippen LogP contribution in [0.15, 0.2) is 57.9 Å². The highest BCUT2D eigenvalue weighted by Gasteiger charge is 2.31. The van der Waals surface area contributed by atoms with Crippen molar-refractivity contribution in [3.8, 4) is 11.3 Å². The first-order chi connectivity index (χ1) is 13.2. The van der Waals surface area contributed by atoms with Crippen LogP contribution in [-0.2, 0) is 17.4 Å². The van der Waals surface area contributed by atoms with Gasteiger partial charge in [0.2, 0.25) is 5.91 Å². The monoisotopic (exact) mass is 394 g/mol. The fourth-order valence-corrected chi connectivity index (χ4v) is 2.51. The number of H-pyrrole nitrogens is 1. The minimum absolute atomic E-state index is 0.122. The summed E-state index contributed by atoms with van der Waals surface area (Å²) in [7, 11) is 0. The third-order valence-electron chi connectivity index (χ3n) is 3.90. The molecule has 146 valence electrons. The molecule has 28 heavy (non-hydrogen) atoms. The predicted molar refractivity (Wildman–Crippen MR) is 93.1 cm³/mol. The fraction of sp³-hybridized carbons (Fsp3) is 0.158. The van der Waals surface area contributed by atoms with Gasteiger partial charge < -0.3 is 14.7 Å². The van der Waals surface area contributed by atoms with Gasteiger partial charge in [0.05, 0.1) is 11.1 Å². The molecule has 3 rings (SSSR count). The number of rotatable bonds is 5. The summed E-state index contributed by atoms with van der Waals surface area (Å²) in [5.74, 6) is -0.423. The zero-order valence-electron chi connectivity index (χ0n) is 14.3. The van der Waals surface area contributed by atoms with Crippen molar-refractivity contribution in [2.45, 2.75) is 19.0 Å². The van der Waals surface area contributed by atoms with E-state index in [1.54, 1.807) is 30.3 Å². The van der Waals surface area contributed by atoms with Crippen molar-refractivity contribution in [1.82, 2.24) is 4.98 Å². The van der Waals surface area contributed by atoms with Crippen molar-refractivity contribution >= 4 is 11.6 Å². The summed E-state index contributed by atoms with van der Waals surface area (Å²) in [5.41, 5.74) is -2.15. The van der Waals surface area contributed by atoms with Crippen molar-refractivity contribution in [3.63, 3.8) is 0 Å². The summed E-state index contributed by atoms with van der Waals surface area (Å²) < 4.78 is 57.4. The van der Waals surface area contributed by atoms with Crippen LogP contribution in [0.1, 0.15) is 17.7 Å². The van der Waals surface area contributed by atoms with Crippen molar-refractivity contribution in [2.24, 2.45) is 0 Å². The SMILES string of the molecule is O=C(CCc1ccc(-c2ccccc2F)o1)Nc1cc(C(F)(F)F)c[nH]c1=O. The number of anilines is 1. The number of amides is 1. The van der Waals surface area contributed by atoms with Crippen molar-refractivity contribution in [3.05, 3.63) is 76.2 Å². The summed E-state index contributed by atoms with van der Waals surface area (Å²) >= 11 is 0. The van der Waals surface area contributed by atoms with E-state index in [1.165, 1.54) is 6.07 Å². The lowest BCUT2D eigenvalue weighted by atomic mass is 10.1. The van der Waals surface area contributed by atoms with E-state index in [0.29, 0.717) is 23.8 Å². The number of nitrogens with one attached hydrogen (secondary N) is 2. The summed E-state index contributed by atoms with van der Waals surface area (Å²) in [6, 6.07) is 9.74. The molecule has 0 aliphatic rings. The van der Waals surface area contributed by atoms with Crippen LogP contribution in [0.3, 0.4) is 0 Å². The number of pyridine rings is 1. The molecule has 0 spiro atoms. The molecule has 0 fully saturated rings. The normalized spacial score (nSPS) is 11.4. The van der Waals surface area contributed by atoms with E-state index >= 15 is 0 Å². The average Bonchev–Trinajstić information content (AvgIpc) is 3.10. The van der Waals surface area contributed by atoms with E-state index in [1.807, 2.05) is 4.98 Å². The molecule has 0 unspecified atom stereocenters. The standard InChI is InChI=1S/C19H14F4N2O3/c20-14-4-2-1-3-13(14)16-7-5-12(28-16)6-8-17(26)25-15-9-11(19(21,22)23)10-24-18(15)27/h1-5,7,9-10H,6,8H2,(H,24,27)(H,25,26). The first-order valence-corrected chi connectivity index (χ1v) is 8.17. The Balaban J connectivity index is 1.64. The Bertz CT molecular complexity index is 1050. The highest BCUT2D eigenvalue weighted by atomic mass is 19.4. The van der Waals surface area contributed by atoms with Crippen LogP contribution >= 0.6 is 0 Å². The zero-order valence-corrected chi connectivity index (χ0v) is 14.3. The van der Waals surface area contributed by atoms with Crippen molar-refractivity contribution in [1.29, 1.82) is 0 Å². The molecule has 1 aromatic carbocycles. The van der Waals surface area contributed by atoms with Gasteiger partial charge in [0.25, 0.3) is 5.56 Å². The molecule has 2 N–H and O–H groups in total. The van der Waals surface area contributed by atoms with Gasteiger partial charge in [-0.15, -0.1) is 0 Å². The number of hydrogen-bond donors (Lipinski definition) is 2. The molecule has 9 heteroatoms. The Labute approximate surface area is 156 Å². The van der Waals surface area contributed by atoms with Gasteiger partial charge in [0, 0.05) is 19.0 Å². The molecular formula is C19H14F4N2O3. The topological polar surface area (TPSA) is 75.1 Å². The molecule has 1 amide bonds. The molecule has 0 radical (unpaired) electrons. The number of furan rings is 1. The average molecular weight is 394 g/mol. The molecular weight excluding hydrogens is 380 g/mol. The largest absolute Gasteiger partial charge is 0.461 e. The van der Waals surface area contributed by atoms with Crippen molar-refractivity contribution in [2.75, 3.05) is 5.32 Å². The second-order valence-corrected chi connectivity index (χ2v) is 5.92. The molecule has 0 saturated heterocycles. The highest BCUT2D eigenvalue weighted by Crippen LogP contribution is 2.29. The lowest BCUT2D eigenvalue weighted by Crippen LogP contribution is -2.21.